The van der Waals surface area contributed by atoms with Gasteiger partial charge in [0, 0.05) is 18.8 Å². The standard InChI is InChI=1S/C17H21FN4O2/c1-11(2)24-15-9-12(18)3-4-13(15)21-17-16-14(19-10-20-17)5-6-22(16)7-8-23/h3-6,9,11,19,23H,7-8,10H2,1-2H3,(H,20,21). The van der Waals surface area contributed by atoms with E-state index in [2.05, 4.69) is 15.6 Å². The molecule has 1 aromatic carbocycles. The predicted molar refractivity (Wildman–Crippen MR) is 92.3 cm³/mol. The number of anilines is 2. The first-order valence-electron chi connectivity index (χ1n) is 7.90. The summed E-state index contributed by atoms with van der Waals surface area (Å²) < 4.78 is 21.2. The molecule has 24 heavy (non-hydrogen) atoms. The van der Waals surface area contributed by atoms with Crippen molar-refractivity contribution in [1.82, 2.24) is 4.57 Å². The number of aliphatic imine (C=N–C) groups is 1. The fraction of sp³-hybridized carbons (Fsp3) is 0.353. The normalized spacial score (nSPS) is 13.3. The second-order valence-corrected chi connectivity index (χ2v) is 5.77. The number of aliphatic hydroxyl groups is 1. The molecule has 0 fully saturated rings. The van der Waals surface area contributed by atoms with Crippen molar-refractivity contribution in [1.29, 1.82) is 0 Å². The summed E-state index contributed by atoms with van der Waals surface area (Å²) in [4.78, 5) is 4.47. The third kappa shape index (κ3) is 3.35. The molecule has 0 amide bonds. The summed E-state index contributed by atoms with van der Waals surface area (Å²) in [6.45, 7) is 4.73. The molecule has 1 aromatic heterocycles. The zero-order valence-electron chi connectivity index (χ0n) is 13.7. The van der Waals surface area contributed by atoms with E-state index in [9.17, 15) is 9.50 Å². The molecule has 0 bridgehead atoms. The Hall–Kier alpha value is -2.54. The number of hydrogen-bond donors (Lipinski definition) is 3. The third-order valence-corrected chi connectivity index (χ3v) is 3.59. The third-order valence-electron chi connectivity index (χ3n) is 3.59. The average Bonchev–Trinajstić information content (AvgIpc) is 2.94. The lowest BCUT2D eigenvalue weighted by atomic mass is 10.2. The number of halogens is 1. The fourth-order valence-electron chi connectivity index (χ4n) is 2.63. The molecule has 0 atom stereocenters. The topological polar surface area (TPSA) is 70.8 Å². The number of rotatable bonds is 5. The van der Waals surface area contributed by atoms with Gasteiger partial charge < -0.3 is 25.0 Å². The van der Waals surface area contributed by atoms with Crippen LogP contribution in [-0.4, -0.2) is 34.9 Å². The van der Waals surface area contributed by atoms with Gasteiger partial charge in [0.2, 0.25) is 0 Å². The minimum Gasteiger partial charge on any atom is -0.489 e. The number of nitrogens with one attached hydrogen (secondary N) is 2. The van der Waals surface area contributed by atoms with Crippen LogP contribution in [0.3, 0.4) is 0 Å². The summed E-state index contributed by atoms with van der Waals surface area (Å²) in [5.74, 6) is 0.739. The van der Waals surface area contributed by atoms with Gasteiger partial charge in [0.1, 0.15) is 23.9 Å². The molecule has 2 heterocycles. The van der Waals surface area contributed by atoms with Crippen LogP contribution >= 0.6 is 0 Å². The van der Waals surface area contributed by atoms with E-state index < -0.39 is 0 Å². The van der Waals surface area contributed by atoms with Gasteiger partial charge >= 0.3 is 0 Å². The van der Waals surface area contributed by atoms with Gasteiger partial charge in [-0.1, -0.05) is 0 Å². The van der Waals surface area contributed by atoms with Crippen molar-refractivity contribution in [3.63, 3.8) is 0 Å². The second-order valence-electron chi connectivity index (χ2n) is 5.77. The largest absolute Gasteiger partial charge is 0.489 e. The molecule has 0 spiro atoms. The lowest BCUT2D eigenvalue weighted by molar-refractivity contribution is 0.243. The highest BCUT2D eigenvalue weighted by atomic mass is 19.1. The molecule has 0 unspecified atom stereocenters. The van der Waals surface area contributed by atoms with Gasteiger partial charge in [-0.25, -0.2) is 9.38 Å². The van der Waals surface area contributed by atoms with E-state index in [4.69, 9.17) is 4.74 Å². The quantitative estimate of drug-likeness (QED) is 0.787. The van der Waals surface area contributed by atoms with E-state index in [0.717, 1.165) is 11.4 Å². The van der Waals surface area contributed by atoms with Crippen LogP contribution in [-0.2, 0) is 6.54 Å². The van der Waals surface area contributed by atoms with Crippen LogP contribution in [0.15, 0.2) is 35.5 Å². The molecule has 2 aromatic rings. The van der Waals surface area contributed by atoms with Crippen molar-refractivity contribution in [2.24, 2.45) is 4.99 Å². The molecule has 0 aliphatic carbocycles. The molecule has 6 nitrogen and oxygen atoms in total. The number of hydrogen-bond acceptors (Lipinski definition) is 5. The molecule has 7 heteroatoms. The molecule has 0 saturated heterocycles. The summed E-state index contributed by atoms with van der Waals surface area (Å²) in [6.07, 6.45) is 1.82. The maximum atomic E-state index is 13.6. The first-order valence-corrected chi connectivity index (χ1v) is 7.90. The van der Waals surface area contributed by atoms with Crippen molar-refractivity contribution in [2.45, 2.75) is 26.5 Å². The Labute approximate surface area is 140 Å². The number of benzene rings is 1. The summed E-state index contributed by atoms with van der Waals surface area (Å²) >= 11 is 0. The molecule has 0 saturated carbocycles. The van der Waals surface area contributed by atoms with Crippen LogP contribution < -0.4 is 15.4 Å². The number of ether oxygens (including phenoxy) is 1. The van der Waals surface area contributed by atoms with Gasteiger partial charge in [-0.3, -0.25) is 0 Å². The zero-order valence-corrected chi connectivity index (χ0v) is 13.7. The smallest absolute Gasteiger partial charge is 0.153 e. The van der Waals surface area contributed by atoms with Gasteiger partial charge in [0.15, 0.2) is 5.84 Å². The van der Waals surface area contributed by atoms with E-state index in [1.54, 1.807) is 6.07 Å². The Morgan fingerprint density at radius 1 is 1.42 bits per heavy atom. The molecule has 3 rings (SSSR count). The van der Waals surface area contributed by atoms with Gasteiger partial charge in [0.25, 0.3) is 0 Å². The molecular formula is C17H21FN4O2. The number of fused-ring (bicyclic) bond motifs is 1. The molecule has 1 aliphatic heterocycles. The van der Waals surface area contributed by atoms with Crippen LogP contribution in [0.4, 0.5) is 15.8 Å². The maximum Gasteiger partial charge on any atom is 0.153 e. The lowest BCUT2D eigenvalue weighted by Gasteiger charge is -2.21. The average molecular weight is 332 g/mol. The Morgan fingerprint density at radius 3 is 3.00 bits per heavy atom. The Kier molecular flexibility index (Phi) is 4.71. The highest BCUT2D eigenvalue weighted by Gasteiger charge is 2.20. The predicted octanol–water partition coefficient (Wildman–Crippen LogP) is 2.65. The molecule has 128 valence electrons. The SMILES string of the molecule is CC(C)Oc1cc(F)ccc1NC1=NCNc2ccn(CCO)c21. The highest BCUT2D eigenvalue weighted by Crippen LogP contribution is 2.29. The van der Waals surface area contributed by atoms with Crippen LogP contribution in [0.2, 0.25) is 0 Å². The monoisotopic (exact) mass is 332 g/mol. The van der Waals surface area contributed by atoms with E-state index in [0.29, 0.717) is 30.5 Å². The van der Waals surface area contributed by atoms with E-state index in [1.165, 1.54) is 12.1 Å². The van der Waals surface area contributed by atoms with E-state index in [-0.39, 0.29) is 18.5 Å². The fourth-order valence-corrected chi connectivity index (χ4v) is 2.63. The second kappa shape index (κ2) is 6.92. The molecule has 3 N–H and O–H groups in total. The minimum absolute atomic E-state index is 0.0344. The van der Waals surface area contributed by atoms with Crippen molar-refractivity contribution in [3.8, 4) is 5.75 Å². The van der Waals surface area contributed by atoms with Gasteiger partial charge in [-0.05, 0) is 32.0 Å². The summed E-state index contributed by atoms with van der Waals surface area (Å²) in [5, 5.41) is 15.7. The first kappa shape index (κ1) is 16.3. The van der Waals surface area contributed by atoms with Crippen LogP contribution in [0, 0.1) is 5.82 Å². The molecule has 0 radical (unpaired) electrons. The van der Waals surface area contributed by atoms with Gasteiger partial charge in [-0.2, -0.15) is 0 Å². The molecule has 1 aliphatic rings. The Balaban J connectivity index is 1.93. The van der Waals surface area contributed by atoms with Crippen LogP contribution in [0.5, 0.6) is 5.75 Å². The minimum atomic E-state index is -0.354. The molecular weight excluding hydrogens is 311 g/mol. The summed E-state index contributed by atoms with van der Waals surface area (Å²) in [6, 6.07) is 6.32. The Morgan fingerprint density at radius 2 is 2.25 bits per heavy atom. The number of amidine groups is 1. The number of nitrogens with zero attached hydrogens (tertiary/aromatic N) is 2. The van der Waals surface area contributed by atoms with Gasteiger partial charge in [0.05, 0.1) is 24.1 Å². The van der Waals surface area contributed by atoms with E-state index in [1.807, 2.05) is 30.7 Å². The van der Waals surface area contributed by atoms with Crippen LogP contribution in [0.1, 0.15) is 19.5 Å². The maximum absolute atomic E-state index is 13.6. The van der Waals surface area contributed by atoms with Gasteiger partial charge in [-0.15, -0.1) is 0 Å². The lowest BCUT2D eigenvalue weighted by Crippen LogP contribution is -2.25. The summed E-state index contributed by atoms with van der Waals surface area (Å²) in [5.41, 5.74) is 2.44. The highest BCUT2D eigenvalue weighted by molar-refractivity contribution is 6.12. The van der Waals surface area contributed by atoms with Crippen molar-refractivity contribution >= 4 is 17.2 Å². The van der Waals surface area contributed by atoms with E-state index >= 15 is 0 Å². The summed E-state index contributed by atoms with van der Waals surface area (Å²) in [7, 11) is 0. The van der Waals surface area contributed by atoms with Crippen molar-refractivity contribution in [2.75, 3.05) is 23.9 Å². The van der Waals surface area contributed by atoms with Crippen molar-refractivity contribution < 1.29 is 14.2 Å². The Bertz CT molecular complexity index is 755. The number of aromatic nitrogens is 1. The number of aliphatic hydroxyl groups excluding tert-OH is 1. The van der Waals surface area contributed by atoms with Crippen LogP contribution in [0.25, 0.3) is 0 Å². The van der Waals surface area contributed by atoms with Crippen molar-refractivity contribution in [3.05, 3.63) is 42.0 Å². The first-order chi connectivity index (χ1) is 11.6. The zero-order chi connectivity index (χ0) is 17.1.